The van der Waals surface area contributed by atoms with Crippen LogP contribution in [0.3, 0.4) is 0 Å². The van der Waals surface area contributed by atoms with Crippen LogP contribution < -0.4 is 4.74 Å². The second-order valence-electron chi connectivity index (χ2n) is 7.10. The molecule has 0 spiro atoms. The maximum Gasteiger partial charge on any atom is 0.188 e. The maximum absolute atomic E-state index is 13.4. The lowest BCUT2D eigenvalue weighted by Gasteiger charge is -2.23. The number of hydrogen-bond donors (Lipinski definition) is 0. The summed E-state index contributed by atoms with van der Waals surface area (Å²) in [5.74, 6) is 1.26. The molecule has 9 heteroatoms. The van der Waals surface area contributed by atoms with Crippen LogP contribution in [0.25, 0.3) is 11.5 Å². The molecule has 0 aliphatic carbocycles. The van der Waals surface area contributed by atoms with E-state index in [-0.39, 0.29) is 24.6 Å². The number of aromatic nitrogens is 5. The molecule has 3 heterocycles. The van der Waals surface area contributed by atoms with Crippen molar-refractivity contribution in [2.45, 2.75) is 39.1 Å². The fourth-order valence-corrected chi connectivity index (χ4v) is 3.21. The highest BCUT2D eigenvalue weighted by Gasteiger charge is 2.22. The Morgan fingerprint density at radius 1 is 1.28 bits per heavy atom. The average molecular weight is 401 g/mol. The number of rotatable bonds is 7. The van der Waals surface area contributed by atoms with Crippen molar-refractivity contribution in [1.29, 1.82) is 0 Å². The molecule has 8 nitrogen and oxygen atoms in total. The molecule has 154 valence electrons. The maximum atomic E-state index is 13.4. The standard InChI is InChI=1S/C20H24FN5O3/c1-14(2)26-18(6-7-22-26)20-23-19(13-29-16-5-3-4-15(21)10-16)24-25(20)11-17-12-27-8-9-28-17/h3-7,10,14,17H,8-9,11-13H2,1-2H3. The summed E-state index contributed by atoms with van der Waals surface area (Å²) in [5, 5.41) is 9.01. The van der Waals surface area contributed by atoms with Crippen molar-refractivity contribution in [2.24, 2.45) is 0 Å². The quantitative estimate of drug-likeness (QED) is 0.606. The Morgan fingerprint density at radius 3 is 2.93 bits per heavy atom. The van der Waals surface area contributed by atoms with Crippen LogP contribution in [-0.4, -0.2) is 50.5 Å². The zero-order valence-electron chi connectivity index (χ0n) is 16.5. The van der Waals surface area contributed by atoms with Crippen LogP contribution in [0.4, 0.5) is 4.39 Å². The van der Waals surface area contributed by atoms with Crippen molar-refractivity contribution in [2.75, 3.05) is 19.8 Å². The van der Waals surface area contributed by atoms with Gasteiger partial charge in [0.2, 0.25) is 0 Å². The van der Waals surface area contributed by atoms with E-state index in [1.165, 1.54) is 12.1 Å². The van der Waals surface area contributed by atoms with E-state index in [2.05, 4.69) is 29.0 Å². The first-order valence-corrected chi connectivity index (χ1v) is 9.65. The normalized spacial score (nSPS) is 17.0. The van der Waals surface area contributed by atoms with Gasteiger partial charge in [-0.25, -0.2) is 14.1 Å². The fraction of sp³-hybridized carbons (Fsp3) is 0.450. The third-order valence-electron chi connectivity index (χ3n) is 4.53. The molecule has 1 fully saturated rings. The second kappa shape index (κ2) is 8.71. The Balaban J connectivity index is 1.59. The average Bonchev–Trinajstić information content (AvgIpc) is 3.34. The molecule has 0 N–H and O–H groups in total. The molecule has 2 aromatic heterocycles. The summed E-state index contributed by atoms with van der Waals surface area (Å²) in [7, 11) is 0. The van der Waals surface area contributed by atoms with Crippen LogP contribution in [0, 0.1) is 5.82 Å². The van der Waals surface area contributed by atoms with Gasteiger partial charge in [-0.1, -0.05) is 6.07 Å². The number of benzene rings is 1. The van der Waals surface area contributed by atoms with E-state index in [1.807, 2.05) is 10.7 Å². The predicted molar refractivity (Wildman–Crippen MR) is 103 cm³/mol. The lowest BCUT2D eigenvalue weighted by molar-refractivity contribution is -0.0945. The lowest BCUT2D eigenvalue weighted by Crippen LogP contribution is -2.33. The Hall–Kier alpha value is -2.78. The zero-order chi connectivity index (χ0) is 20.2. The number of hydrogen-bond acceptors (Lipinski definition) is 6. The van der Waals surface area contributed by atoms with Crippen LogP contribution in [0.2, 0.25) is 0 Å². The van der Waals surface area contributed by atoms with Crippen molar-refractivity contribution in [3.05, 3.63) is 48.2 Å². The van der Waals surface area contributed by atoms with E-state index >= 15 is 0 Å². The highest BCUT2D eigenvalue weighted by atomic mass is 19.1. The lowest BCUT2D eigenvalue weighted by atomic mass is 10.3. The van der Waals surface area contributed by atoms with Crippen LogP contribution in [0.5, 0.6) is 5.75 Å². The minimum atomic E-state index is -0.350. The second-order valence-corrected chi connectivity index (χ2v) is 7.10. The molecule has 0 bridgehead atoms. The van der Waals surface area contributed by atoms with Gasteiger partial charge >= 0.3 is 0 Å². The minimum absolute atomic E-state index is 0.100. The number of nitrogens with zero attached hydrogens (tertiary/aromatic N) is 5. The molecule has 1 saturated heterocycles. The summed E-state index contributed by atoms with van der Waals surface area (Å²) in [6.07, 6.45) is 1.65. The van der Waals surface area contributed by atoms with Gasteiger partial charge in [-0.3, -0.25) is 4.68 Å². The van der Waals surface area contributed by atoms with Crippen LogP contribution >= 0.6 is 0 Å². The van der Waals surface area contributed by atoms with Crippen LogP contribution in [-0.2, 0) is 22.6 Å². The van der Waals surface area contributed by atoms with Crippen molar-refractivity contribution in [1.82, 2.24) is 24.5 Å². The van der Waals surface area contributed by atoms with E-state index in [1.54, 1.807) is 23.0 Å². The molecule has 1 aliphatic rings. The fourth-order valence-electron chi connectivity index (χ4n) is 3.21. The smallest absolute Gasteiger partial charge is 0.188 e. The Bertz CT molecular complexity index is 949. The van der Waals surface area contributed by atoms with Gasteiger partial charge in [0.25, 0.3) is 0 Å². The largest absolute Gasteiger partial charge is 0.485 e. The molecule has 1 unspecified atom stereocenters. The topological polar surface area (TPSA) is 76.2 Å². The monoisotopic (exact) mass is 401 g/mol. The molecule has 0 radical (unpaired) electrons. The molecule has 29 heavy (non-hydrogen) atoms. The Morgan fingerprint density at radius 2 is 2.17 bits per heavy atom. The molecule has 0 saturated carbocycles. The first-order valence-electron chi connectivity index (χ1n) is 9.65. The van der Waals surface area contributed by atoms with Gasteiger partial charge in [-0.2, -0.15) is 10.2 Å². The van der Waals surface area contributed by atoms with E-state index in [0.29, 0.717) is 43.8 Å². The van der Waals surface area contributed by atoms with E-state index in [4.69, 9.17) is 14.2 Å². The van der Waals surface area contributed by atoms with Crippen LogP contribution in [0.1, 0.15) is 25.7 Å². The van der Waals surface area contributed by atoms with Crippen molar-refractivity contribution < 1.29 is 18.6 Å². The summed E-state index contributed by atoms with van der Waals surface area (Å²) < 4.78 is 34.0. The third-order valence-corrected chi connectivity index (χ3v) is 4.53. The highest BCUT2D eigenvalue weighted by molar-refractivity contribution is 5.49. The predicted octanol–water partition coefficient (Wildman–Crippen LogP) is 2.86. The van der Waals surface area contributed by atoms with Gasteiger partial charge in [0.05, 0.1) is 26.4 Å². The molecule has 3 aromatic rings. The Kier molecular flexibility index (Phi) is 5.86. The summed E-state index contributed by atoms with van der Waals surface area (Å²) in [4.78, 5) is 4.67. The summed E-state index contributed by atoms with van der Waals surface area (Å²) in [5.41, 5.74) is 0.862. The van der Waals surface area contributed by atoms with Crippen molar-refractivity contribution in [3.63, 3.8) is 0 Å². The van der Waals surface area contributed by atoms with Gasteiger partial charge in [-0.05, 0) is 32.0 Å². The summed E-state index contributed by atoms with van der Waals surface area (Å²) in [6, 6.07) is 8.09. The van der Waals surface area contributed by atoms with E-state index < -0.39 is 0 Å². The molecule has 0 amide bonds. The van der Waals surface area contributed by atoms with Gasteiger partial charge in [0, 0.05) is 18.3 Å². The molecule has 1 aliphatic heterocycles. The first kappa shape index (κ1) is 19.5. The van der Waals surface area contributed by atoms with Crippen molar-refractivity contribution in [3.8, 4) is 17.3 Å². The van der Waals surface area contributed by atoms with Gasteiger partial charge < -0.3 is 14.2 Å². The van der Waals surface area contributed by atoms with Gasteiger partial charge in [0.1, 0.15) is 30.0 Å². The van der Waals surface area contributed by atoms with Crippen LogP contribution in [0.15, 0.2) is 36.5 Å². The zero-order valence-corrected chi connectivity index (χ0v) is 16.5. The SMILES string of the molecule is CC(C)n1nccc1-c1nc(COc2cccc(F)c2)nn1CC1COCCO1. The van der Waals surface area contributed by atoms with Gasteiger partial charge in [-0.15, -0.1) is 0 Å². The highest BCUT2D eigenvalue weighted by Crippen LogP contribution is 2.22. The molecular formula is C20H24FN5O3. The molecule has 1 aromatic carbocycles. The summed E-state index contributed by atoms with van der Waals surface area (Å²) >= 11 is 0. The van der Waals surface area contributed by atoms with E-state index in [9.17, 15) is 4.39 Å². The number of halogens is 1. The summed E-state index contributed by atoms with van der Waals surface area (Å²) in [6.45, 7) is 6.43. The third kappa shape index (κ3) is 4.63. The van der Waals surface area contributed by atoms with E-state index in [0.717, 1.165) is 5.69 Å². The molecule has 1 atom stereocenters. The molecule has 4 rings (SSSR count). The minimum Gasteiger partial charge on any atom is -0.485 e. The first-order chi connectivity index (χ1) is 14.1. The van der Waals surface area contributed by atoms with Gasteiger partial charge in [0.15, 0.2) is 11.6 Å². The van der Waals surface area contributed by atoms with Crippen molar-refractivity contribution >= 4 is 0 Å². The molecular weight excluding hydrogens is 377 g/mol. The number of ether oxygens (including phenoxy) is 3. The Labute approximate surface area is 168 Å².